The minimum absolute atomic E-state index is 0.236. The van der Waals surface area contributed by atoms with Gasteiger partial charge in [0.05, 0.1) is 13.2 Å². The Kier molecular flexibility index (Phi) is 3.67. The fraction of sp³-hybridized carbons (Fsp3) is 0.538. The van der Waals surface area contributed by atoms with E-state index in [1.54, 1.807) is 13.2 Å². The predicted molar refractivity (Wildman–Crippen MR) is 62.5 cm³/mol. The second-order valence-corrected chi connectivity index (χ2v) is 4.49. The topological polar surface area (TPSA) is 46.1 Å². The van der Waals surface area contributed by atoms with Crippen LogP contribution in [-0.2, 0) is 6.54 Å². The van der Waals surface area contributed by atoms with Gasteiger partial charge in [0.25, 0.3) is 0 Å². The van der Waals surface area contributed by atoms with Gasteiger partial charge in [-0.3, -0.25) is 0 Å². The van der Waals surface area contributed by atoms with Crippen molar-refractivity contribution in [1.82, 2.24) is 0 Å². The van der Waals surface area contributed by atoms with Crippen molar-refractivity contribution in [1.29, 1.82) is 0 Å². The summed E-state index contributed by atoms with van der Waals surface area (Å²) in [5.74, 6) is 0.782. The Labute approximate surface area is 96.4 Å². The van der Waals surface area contributed by atoms with Gasteiger partial charge in [0.1, 0.15) is 6.54 Å². The molecule has 1 aliphatic carbocycles. The highest BCUT2D eigenvalue weighted by atomic mass is 16.5. The number of benzene rings is 1. The van der Waals surface area contributed by atoms with E-state index in [0.29, 0.717) is 5.75 Å². The van der Waals surface area contributed by atoms with E-state index >= 15 is 0 Å². The molecule has 0 atom stereocenters. The quantitative estimate of drug-likeness (QED) is 0.809. The lowest BCUT2D eigenvalue weighted by Crippen LogP contribution is -2.87. The normalized spacial score (nSPS) is 16.6. The van der Waals surface area contributed by atoms with Gasteiger partial charge < -0.3 is 15.2 Å². The van der Waals surface area contributed by atoms with Gasteiger partial charge in [-0.05, 0) is 43.9 Å². The van der Waals surface area contributed by atoms with Gasteiger partial charge in [-0.2, -0.15) is 0 Å². The minimum Gasteiger partial charge on any atom is -0.504 e. The second-order valence-electron chi connectivity index (χ2n) is 4.49. The molecular formula is C13H20NO2+. The Hall–Kier alpha value is -1.22. The molecule has 0 unspecified atom stereocenters. The maximum atomic E-state index is 9.64. The zero-order chi connectivity index (χ0) is 11.4. The van der Waals surface area contributed by atoms with E-state index in [1.807, 2.05) is 12.1 Å². The van der Waals surface area contributed by atoms with Crippen molar-refractivity contribution in [3.05, 3.63) is 23.8 Å². The molecule has 0 bridgehead atoms. The van der Waals surface area contributed by atoms with E-state index in [1.165, 1.54) is 25.7 Å². The van der Waals surface area contributed by atoms with E-state index in [0.717, 1.165) is 18.2 Å². The Morgan fingerprint density at radius 1 is 1.38 bits per heavy atom. The number of hydrogen-bond acceptors (Lipinski definition) is 2. The summed E-state index contributed by atoms with van der Waals surface area (Å²) in [6, 6.07) is 6.42. The van der Waals surface area contributed by atoms with E-state index in [-0.39, 0.29) is 5.75 Å². The van der Waals surface area contributed by atoms with Crippen molar-refractivity contribution in [3.63, 3.8) is 0 Å². The van der Waals surface area contributed by atoms with Crippen LogP contribution >= 0.6 is 0 Å². The van der Waals surface area contributed by atoms with Crippen LogP contribution in [0.2, 0.25) is 0 Å². The molecule has 0 saturated heterocycles. The lowest BCUT2D eigenvalue weighted by atomic mass is 10.1. The fourth-order valence-corrected chi connectivity index (χ4v) is 2.36. The maximum absolute atomic E-state index is 9.64. The van der Waals surface area contributed by atoms with Crippen molar-refractivity contribution in [2.24, 2.45) is 0 Å². The number of ether oxygens (including phenoxy) is 1. The molecule has 3 nitrogen and oxygen atoms in total. The molecule has 2 rings (SSSR count). The SMILES string of the molecule is COc1ccc(C[NH2+]C2CCCC2)cc1O. The zero-order valence-corrected chi connectivity index (χ0v) is 9.78. The van der Waals surface area contributed by atoms with Crippen LogP contribution < -0.4 is 10.1 Å². The number of quaternary nitrogens is 1. The van der Waals surface area contributed by atoms with Gasteiger partial charge in [-0.15, -0.1) is 0 Å². The third kappa shape index (κ3) is 2.67. The summed E-state index contributed by atoms with van der Waals surface area (Å²) in [6.45, 7) is 0.947. The number of phenolic OH excluding ortho intramolecular Hbond substituents is 1. The molecule has 0 spiro atoms. The van der Waals surface area contributed by atoms with Gasteiger partial charge in [0.2, 0.25) is 0 Å². The lowest BCUT2D eigenvalue weighted by Gasteiger charge is -2.09. The monoisotopic (exact) mass is 222 g/mol. The molecule has 16 heavy (non-hydrogen) atoms. The largest absolute Gasteiger partial charge is 0.504 e. The summed E-state index contributed by atoms with van der Waals surface area (Å²) in [7, 11) is 1.57. The smallest absolute Gasteiger partial charge is 0.160 e. The van der Waals surface area contributed by atoms with Crippen molar-refractivity contribution in [2.45, 2.75) is 38.3 Å². The summed E-state index contributed by atoms with van der Waals surface area (Å²) in [5.41, 5.74) is 1.16. The molecule has 0 aliphatic heterocycles. The number of rotatable bonds is 4. The number of phenols is 1. The Bertz CT molecular complexity index is 346. The van der Waals surface area contributed by atoms with Gasteiger partial charge in [0.15, 0.2) is 11.5 Å². The standard InChI is InChI=1S/C13H19NO2/c1-16-13-7-6-10(8-12(13)15)9-14-11-4-2-3-5-11/h6-8,11,14-15H,2-5,9H2,1H3/p+1. The molecule has 3 N–H and O–H groups in total. The van der Waals surface area contributed by atoms with Crippen LogP contribution in [0.15, 0.2) is 18.2 Å². The summed E-state index contributed by atoms with van der Waals surface area (Å²) in [4.78, 5) is 0. The highest BCUT2D eigenvalue weighted by Gasteiger charge is 2.17. The van der Waals surface area contributed by atoms with Crippen LogP contribution in [0.4, 0.5) is 0 Å². The maximum Gasteiger partial charge on any atom is 0.160 e. The number of methoxy groups -OCH3 is 1. The molecule has 1 aromatic carbocycles. The molecule has 0 radical (unpaired) electrons. The molecule has 1 saturated carbocycles. The number of hydrogen-bond donors (Lipinski definition) is 2. The second kappa shape index (κ2) is 5.21. The highest BCUT2D eigenvalue weighted by Crippen LogP contribution is 2.25. The first-order chi connectivity index (χ1) is 7.79. The van der Waals surface area contributed by atoms with Gasteiger partial charge in [0, 0.05) is 5.56 Å². The molecule has 1 aliphatic rings. The Balaban J connectivity index is 1.91. The Morgan fingerprint density at radius 3 is 2.75 bits per heavy atom. The summed E-state index contributed by atoms with van der Waals surface area (Å²) >= 11 is 0. The van der Waals surface area contributed by atoms with Crippen LogP contribution in [-0.4, -0.2) is 18.3 Å². The summed E-state index contributed by atoms with van der Waals surface area (Å²) < 4.78 is 5.02. The highest BCUT2D eigenvalue weighted by molar-refractivity contribution is 5.41. The fourth-order valence-electron chi connectivity index (χ4n) is 2.36. The van der Waals surface area contributed by atoms with Crippen molar-refractivity contribution in [2.75, 3.05) is 7.11 Å². The lowest BCUT2D eigenvalue weighted by molar-refractivity contribution is -0.703. The van der Waals surface area contributed by atoms with Crippen molar-refractivity contribution < 1.29 is 15.2 Å². The average molecular weight is 222 g/mol. The molecule has 88 valence electrons. The van der Waals surface area contributed by atoms with Crippen LogP contribution in [0.3, 0.4) is 0 Å². The van der Waals surface area contributed by atoms with Crippen molar-refractivity contribution in [3.8, 4) is 11.5 Å². The van der Waals surface area contributed by atoms with Gasteiger partial charge in [-0.1, -0.05) is 0 Å². The van der Waals surface area contributed by atoms with E-state index in [2.05, 4.69) is 5.32 Å². The molecule has 1 aromatic rings. The van der Waals surface area contributed by atoms with E-state index in [9.17, 15) is 5.11 Å². The third-order valence-corrected chi connectivity index (χ3v) is 3.33. The predicted octanol–water partition coefficient (Wildman–Crippen LogP) is 1.41. The van der Waals surface area contributed by atoms with Crippen LogP contribution in [0.1, 0.15) is 31.2 Å². The molecule has 0 aromatic heterocycles. The Morgan fingerprint density at radius 2 is 2.12 bits per heavy atom. The molecular weight excluding hydrogens is 202 g/mol. The van der Waals surface area contributed by atoms with Crippen LogP contribution in [0.5, 0.6) is 11.5 Å². The minimum atomic E-state index is 0.236. The first-order valence-corrected chi connectivity index (χ1v) is 5.99. The van der Waals surface area contributed by atoms with Crippen molar-refractivity contribution >= 4 is 0 Å². The molecule has 0 amide bonds. The first-order valence-electron chi connectivity index (χ1n) is 5.99. The average Bonchev–Trinajstić information content (AvgIpc) is 2.79. The van der Waals surface area contributed by atoms with E-state index in [4.69, 9.17) is 4.74 Å². The number of nitrogens with two attached hydrogens (primary N) is 1. The van der Waals surface area contributed by atoms with Gasteiger partial charge in [-0.25, -0.2) is 0 Å². The zero-order valence-electron chi connectivity index (χ0n) is 9.78. The summed E-state index contributed by atoms with van der Waals surface area (Å²) in [5, 5.41) is 12.0. The van der Waals surface area contributed by atoms with E-state index < -0.39 is 0 Å². The van der Waals surface area contributed by atoms with Crippen LogP contribution in [0.25, 0.3) is 0 Å². The summed E-state index contributed by atoms with van der Waals surface area (Å²) in [6.07, 6.45) is 5.41. The molecule has 1 fully saturated rings. The molecule has 3 heteroatoms. The number of aromatic hydroxyl groups is 1. The first kappa shape index (κ1) is 11.3. The van der Waals surface area contributed by atoms with Gasteiger partial charge >= 0.3 is 0 Å². The third-order valence-electron chi connectivity index (χ3n) is 3.33. The van der Waals surface area contributed by atoms with Crippen LogP contribution in [0, 0.1) is 0 Å². The molecule has 0 heterocycles.